The summed E-state index contributed by atoms with van der Waals surface area (Å²) in [5.74, 6) is -0.684. The molecule has 7 heteroatoms. The van der Waals surface area contributed by atoms with E-state index in [-0.39, 0.29) is 11.9 Å². The Bertz CT molecular complexity index is 468. The number of nitrogen functional groups attached to an aromatic ring is 1. The second-order valence-electron chi connectivity index (χ2n) is 4.33. The molecule has 0 aromatic carbocycles. The normalized spacial score (nSPS) is 20.0. The number of nitrogens with zero attached hydrogens (tertiary/aromatic N) is 3. The van der Waals surface area contributed by atoms with Crippen molar-refractivity contribution in [1.82, 2.24) is 9.88 Å². The molecule has 0 aliphatic carbocycles. The van der Waals surface area contributed by atoms with Gasteiger partial charge in [0.25, 0.3) is 0 Å². The zero-order valence-corrected chi connectivity index (χ0v) is 10.0. The van der Waals surface area contributed by atoms with Gasteiger partial charge in [-0.05, 0) is 6.92 Å². The zero-order valence-electron chi connectivity index (χ0n) is 10.0. The Morgan fingerprint density at radius 3 is 2.89 bits per heavy atom. The fourth-order valence-corrected chi connectivity index (χ4v) is 2.09. The van der Waals surface area contributed by atoms with Crippen LogP contribution in [0.2, 0.25) is 0 Å². The lowest BCUT2D eigenvalue weighted by molar-refractivity contribution is 0.122. The predicted molar refractivity (Wildman–Crippen MR) is 65.0 cm³/mol. The van der Waals surface area contributed by atoms with Crippen LogP contribution in [0.5, 0.6) is 0 Å². The molecule has 0 saturated carbocycles. The maximum atomic E-state index is 13.3. The Morgan fingerprint density at radius 1 is 1.61 bits per heavy atom. The highest BCUT2D eigenvalue weighted by molar-refractivity contribution is 5.66. The topological polar surface area (TPSA) is 82.7 Å². The van der Waals surface area contributed by atoms with Gasteiger partial charge in [-0.3, -0.25) is 0 Å². The first kappa shape index (κ1) is 12.4. The van der Waals surface area contributed by atoms with E-state index in [1.807, 2.05) is 11.8 Å². The van der Waals surface area contributed by atoms with Crippen LogP contribution in [0.25, 0.3) is 0 Å². The van der Waals surface area contributed by atoms with Crippen molar-refractivity contribution in [1.29, 1.82) is 0 Å². The van der Waals surface area contributed by atoms with Crippen LogP contribution < -0.4 is 10.6 Å². The van der Waals surface area contributed by atoms with Gasteiger partial charge in [-0.1, -0.05) is 0 Å². The lowest BCUT2D eigenvalue weighted by Gasteiger charge is -2.39. The molecule has 1 fully saturated rings. The van der Waals surface area contributed by atoms with E-state index in [1.54, 1.807) is 0 Å². The number of aromatic nitrogens is 1. The van der Waals surface area contributed by atoms with Crippen LogP contribution in [-0.4, -0.2) is 46.8 Å². The monoisotopic (exact) mass is 254 g/mol. The van der Waals surface area contributed by atoms with Crippen molar-refractivity contribution in [2.45, 2.75) is 13.0 Å². The van der Waals surface area contributed by atoms with E-state index in [1.165, 1.54) is 17.2 Å². The first-order chi connectivity index (χ1) is 8.49. The van der Waals surface area contributed by atoms with E-state index in [9.17, 15) is 9.18 Å². The largest absolute Gasteiger partial charge is 0.465 e. The van der Waals surface area contributed by atoms with Gasteiger partial charge in [0.05, 0.1) is 11.9 Å². The van der Waals surface area contributed by atoms with Gasteiger partial charge in [-0.15, -0.1) is 0 Å². The van der Waals surface area contributed by atoms with Gasteiger partial charge in [0.15, 0.2) is 11.6 Å². The van der Waals surface area contributed by atoms with E-state index in [0.717, 1.165) is 0 Å². The quantitative estimate of drug-likeness (QED) is 0.781. The summed E-state index contributed by atoms with van der Waals surface area (Å²) in [5.41, 5.74) is 5.94. The van der Waals surface area contributed by atoms with E-state index in [2.05, 4.69) is 4.98 Å². The van der Waals surface area contributed by atoms with E-state index in [4.69, 9.17) is 10.8 Å². The fraction of sp³-hybridized carbons (Fsp3) is 0.455. The Labute approximate surface area is 104 Å². The van der Waals surface area contributed by atoms with Crippen LogP contribution in [0.3, 0.4) is 0 Å². The number of piperazine rings is 1. The third kappa shape index (κ3) is 2.29. The molecule has 1 atom stereocenters. The van der Waals surface area contributed by atoms with Gasteiger partial charge < -0.3 is 20.6 Å². The molecule has 1 amide bonds. The molecule has 1 saturated heterocycles. The standard InChI is InChI=1S/C11H15FN4O2/c1-7-6-15(2-3-16(7)11(17)18)8-4-9(12)10(13)14-5-8/h4-5,7H,2-3,6H2,1H3,(H2,13,14)(H,17,18)/t7-/m0/s1. The number of halogens is 1. The highest BCUT2D eigenvalue weighted by atomic mass is 19.1. The third-order valence-corrected chi connectivity index (χ3v) is 3.09. The lowest BCUT2D eigenvalue weighted by atomic mass is 10.2. The van der Waals surface area contributed by atoms with Crippen molar-refractivity contribution in [3.63, 3.8) is 0 Å². The number of pyridine rings is 1. The summed E-state index contributed by atoms with van der Waals surface area (Å²) in [5, 5.41) is 8.96. The molecule has 98 valence electrons. The van der Waals surface area contributed by atoms with Crippen molar-refractivity contribution in [3.05, 3.63) is 18.1 Å². The van der Waals surface area contributed by atoms with E-state index in [0.29, 0.717) is 25.3 Å². The molecule has 1 aliphatic heterocycles. The molecule has 1 aromatic rings. The minimum Gasteiger partial charge on any atom is -0.465 e. The Hall–Kier alpha value is -2.05. The highest BCUT2D eigenvalue weighted by Crippen LogP contribution is 2.21. The van der Waals surface area contributed by atoms with Crippen molar-refractivity contribution in [2.75, 3.05) is 30.3 Å². The SMILES string of the molecule is C[C@H]1CN(c2cnc(N)c(F)c2)CCN1C(=O)O. The molecule has 0 spiro atoms. The number of carbonyl (C=O) groups is 1. The zero-order chi connectivity index (χ0) is 13.3. The van der Waals surface area contributed by atoms with Gasteiger partial charge in [0, 0.05) is 31.7 Å². The van der Waals surface area contributed by atoms with Crippen molar-refractivity contribution >= 4 is 17.6 Å². The van der Waals surface area contributed by atoms with Crippen LogP contribution in [0.1, 0.15) is 6.92 Å². The minimum atomic E-state index is -0.927. The van der Waals surface area contributed by atoms with Crippen LogP contribution in [-0.2, 0) is 0 Å². The number of hydrogen-bond acceptors (Lipinski definition) is 4. The molecule has 2 rings (SSSR count). The molecule has 6 nitrogen and oxygen atoms in total. The van der Waals surface area contributed by atoms with Crippen molar-refractivity contribution < 1.29 is 14.3 Å². The van der Waals surface area contributed by atoms with Crippen LogP contribution >= 0.6 is 0 Å². The number of rotatable bonds is 1. The molecular formula is C11H15FN4O2. The molecule has 0 unspecified atom stereocenters. The van der Waals surface area contributed by atoms with Crippen LogP contribution in [0, 0.1) is 5.82 Å². The molecule has 2 heterocycles. The van der Waals surface area contributed by atoms with E-state index >= 15 is 0 Å². The van der Waals surface area contributed by atoms with Gasteiger partial charge in [0.2, 0.25) is 0 Å². The second kappa shape index (κ2) is 4.67. The molecule has 0 radical (unpaired) electrons. The van der Waals surface area contributed by atoms with Crippen molar-refractivity contribution in [2.24, 2.45) is 0 Å². The maximum absolute atomic E-state index is 13.3. The molecule has 0 bridgehead atoms. The first-order valence-electron chi connectivity index (χ1n) is 5.64. The molecular weight excluding hydrogens is 239 g/mol. The second-order valence-corrected chi connectivity index (χ2v) is 4.33. The number of nitrogens with two attached hydrogens (primary N) is 1. The molecule has 3 N–H and O–H groups in total. The molecule has 18 heavy (non-hydrogen) atoms. The summed E-state index contributed by atoms with van der Waals surface area (Å²) in [4.78, 5) is 18.0. The Morgan fingerprint density at radius 2 is 2.33 bits per heavy atom. The van der Waals surface area contributed by atoms with Gasteiger partial charge >= 0.3 is 6.09 Å². The number of anilines is 2. The summed E-state index contributed by atoms with van der Waals surface area (Å²) in [6, 6.07) is 1.18. The Balaban J connectivity index is 2.12. The summed E-state index contributed by atoms with van der Waals surface area (Å²) in [7, 11) is 0. The predicted octanol–water partition coefficient (Wildman–Crippen LogP) is 0.991. The third-order valence-electron chi connectivity index (χ3n) is 3.09. The summed E-state index contributed by atoms with van der Waals surface area (Å²) >= 11 is 0. The van der Waals surface area contributed by atoms with Gasteiger partial charge in [-0.2, -0.15) is 0 Å². The minimum absolute atomic E-state index is 0.129. The Kier molecular flexibility index (Phi) is 3.22. The van der Waals surface area contributed by atoms with Gasteiger partial charge in [-0.25, -0.2) is 14.2 Å². The number of carboxylic acid groups (broad SMARTS) is 1. The number of amides is 1. The highest BCUT2D eigenvalue weighted by Gasteiger charge is 2.27. The lowest BCUT2D eigenvalue weighted by Crippen LogP contribution is -2.53. The smallest absolute Gasteiger partial charge is 0.407 e. The molecule has 1 aromatic heterocycles. The number of hydrogen-bond donors (Lipinski definition) is 2. The first-order valence-corrected chi connectivity index (χ1v) is 5.64. The summed E-state index contributed by atoms with van der Waals surface area (Å²) in [6.45, 7) is 3.24. The maximum Gasteiger partial charge on any atom is 0.407 e. The molecule has 1 aliphatic rings. The van der Waals surface area contributed by atoms with Crippen molar-refractivity contribution in [3.8, 4) is 0 Å². The summed E-state index contributed by atoms with van der Waals surface area (Å²) in [6.07, 6.45) is 0.574. The average molecular weight is 254 g/mol. The fourth-order valence-electron chi connectivity index (χ4n) is 2.09. The van der Waals surface area contributed by atoms with Crippen LogP contribution in [0.4, 0.5) is 20.7 Å². The van der Waals surface area contributed by atoms with E-state index < -0.39 is 11.9 Å². The van der Waals surface area contributed by atoms with Crippen LogP contribution in [0.15, 0.2) is 12.3 Å². The summed E-state index contributed by atoms with van der Waals surface area (Å²) < 4.78 is 13.3. The van der Waals surface area contributed by atoms with Gasteiger partial charge in [0.1, 0.15) is 0 Å². The average Bonchev–Trinajstić information content (AvgIpc) is 2.32.